The van der Waals surface area contributed by atoms with E-state index < -0.39 is 0 Å². The third kappa shape index (κ3) is 1.76. The summed E-state index contributed by atoms with van der Waals surface area (Å²) in [6, 6.07) is 6.35. The number of carbonyl (C=O) groups excluding carboxylic acids is 1. The molecule has 2 aromatic rings. The second-order valence-corrected chi connectivity index (χ2v) is 5.54. The van der Waals surface area contributed by atoms with Crippen molar-refractivity contribution in [2.75, 3.05) is 13.6 Å². The van der Waals surface area contributed by atoms with Crippen molar-refractivity contribution in [1.29, 1.82) is 0 Å². The van der Waals surface area contributed by atoms with E-state index in [4.69, 9.17) is 0 Å². The first-order valence-corrected chi connectivity index (χ1v) is 6.93. The molecular formula is C16H20N2O. The molecular weight excluding hydrogens is 236 g/mol. The number of hydrogen-bond acceptors (Lipinski definition) is 1. The third-order valence-electron chi connectivity index (χ3n) is 4.24. The highest BCUT2D eigenvalue weighted by Gasteiger charge is 2.25. The van der Waals surface area contributed by atoms with Crippen LogP contribution in [0, 0.1) is 6.92 Å². The molecule has 2 heterocycles. The van der Waals surface area contributed by atoms with Gasteiger partial charge in [-0.1, -0.05) is 18.2 Å². The van der Waals surface area contributed by atoms with Gasteiger partial charge in [-0.05, 0) is 37.3 Å². The van der Waals surface area contributed by atoms with Gasteiger partial charge >= 0.3 is 0 Å². The molecule has 3 heteroatoms. The minimum atomic E-state index is 0.160. The Labute approximate surface area is 113 Å². The lowest BCUT2D eigenvalue weighted by molar-refractivity contribution is 0.0778. The number of rotatable bonds is 0. The van der Waals surface area contributed by atoms with Crippen molar-refractivity contribution in [2.24, 2.45) is 7.05 Å². The summed E-state index contributed by atoms with van der Waals surface area (Å²) in [6.07, 6.45) is 3.25. The summed E-state index contributed by atoms with van der Waals surface area (Å²) >= 11 is 0. The molecule has 1 aromatic carbocycles. The number of nitrogens with zero attached hydrogens (tertiary/aromatic N) is 2. The zero-order valence-electron chi connectivity index (χ0n) is 11.9. The molecule has 1 aliphatic rings. The molecule has 0 bridgehead atoms. The molecule has 0 atom stereocenters. The summed E-state index contributed by atoms with van der Waals surface area (Å²) in [5.74, 6) is 0.160. The van der Waals surface area contributed by atoms with E-state index in [2.05, 4.69) is 29.7 Å². The van der Waals surface area contributed by atoms with Crippen LogP contribution in [0.25, 0.3) is 10.9 Å². The van der Waals surface area contributed by atoms with Crippen molar-refractivity contribution in [3.63, 3.8) is 0 Å². The number of carbonyl (C=O) groups is 1. The average Bonchev–Trinajstić information content (AvgIpc) is 2.66. The number of aromatic nitrogens is 1. The number of hydrogen-bond donors (Lipinski definition) is 0. The van der Waals surface area contributed by atoms with E-state index in [-0.39, 0.29) is 5.91 Å². The topological polar surface area (TPSA) is 25.2 Å². The monoisotopic (exact) mass is 256 g/mol. The molecule has 1 aliphatic heterocycles. The lowest BCUT2D eigenvalue weighted by Crippen LogP contribution is -2.31. The molecule has 0 radical (unpaired) electrons. The van der Waals surface area contributed by atoms with Crippen LogP contribution in [0.2, 0.25) is 0 Å². The van der Waals surface area contributed by atoms with E-state index in [0.29, 0.717) is 0 Å². The maximum absolute atomic E-state index is 12.6. The molecule has 0 saturated carbocycles. The fourth-order valence-electron chi connectivity index (χ4n) is 3.25. The highest BCUT2D eigenvalue weighted by Crippen LogP contribution is 2.30. The first-order chi connectivity index (χ1) is 9.11. The molecule has 3 nitrogen and oxygen atoms in total. The van der Waals surface area contributed by atoms with Crippen LogP contribution < -0.4 is 0 Å². The van der Waals surface area contributed by atoms with Crippen LogP contribution in [0.1, 0.15) is 34.5 Å². The van der Waals surface area contributed by atoms with E-state index in [0.717, 1.165) is 31.5 Å². The number of para-hydroxylation sites is 1. The number of fused-ring (bicyclic) bond motifs is 3. The number of amides is 1. The first kappa shape index (κ1) is 12.3. The maximum Gasteiger partial charge on any atom is 0.270 e. The van der Waals surface area contributed by atoms with Crippen molar-refractivity contribution in [2.45, 2.75) is 26.2 Å². The SMILES string of the molecule is Cc1cccc2c3c(n(C)c12)C(=O)N(C)CCCC3. The van der Waals surface area contributed by atoms with Gasteiger partial charge in [0.15, 0.2) is 0 Å². The molecule has 3 rings (SSSR count). The number of benzene rings is 1. The fourth-order valence-corrected chi connectivity index (χ4v) is 3.25. The van der Waals surface area contributed by atoms with Crippen molar-refractivity contribution in [3.8, 4) is 0 Å². The van der Waals surface area contributed by atoms with Crippen molar-refractivity contribution < 1.29 is 4.79 Å². The van der Waals surface area contributed by atoms with Gasteiger partial charge in [0.25, 0.3) is 5.91 Å². The molecule has 1 aromatic heterocycles. The molecule has 0 spiro atoms. The minimum absolute atomic E-state index is 0.160. The lowest BCUT2D eigenvalue weighted by Gasteiger charge is -2.21. The van der Waals surface area contributed by atoms with Gasteiger partial charge in [0.2, 0.25) is 0 Å². The molecule has 19 heavy (non-hydrogen) atoms. The van der Waals surface area contributed by atoms with Gasteiger partial charge in [-0.3, -0.25) is 4.79 Å². The molecule has 100 valence electrons. The molecule has 0 N–H and O–H groups in total. The van der Waals surface area contributed by atoms with Gasteiger partial charge in [-0.25, -0.2) is 0 Å². The Morgan fingerprint density at radius 1 is 1.16 bits per heavy atom. The predicted molar refractivity (Wildman–Crippen MR) is 77.6 cm³/mol. The summed E-state index contributed by atoms with van der Waals surface area (Å²) in [6.45, 7) is 2.97. The molecule has 0 aliphatic carbocycles. The predicted octanol–water partition coefficient (Wildman–Crippen LogP) is 2.90. The van der Waals surface area contributed by atoms with Crippen molar-refractivity contribution in [1.82, 2.24) is 9.47 Å². The van der Waals surface area contributed by atoms with Crippen LogP contribution in [0.4, 0.5) is 0 Å². The Balaban J connectivity index is 2.35. The van der Waals surface area contributed by atoms with Crippen LogP contribution >= 0.6 is 0 Å². The van der Waals surface area contributed by atoms with E-state index in [9.17, 15) is 4.79 Å². The average molecular weight is 256 g/mol. The van der Waals surface area contributed by atoms with Gasteiger partial charge in [0.05, 0.1) is 5.52 Å². The highest BCUT2D eigenvalue weighted by atomic mass is 16.2. The summed E-state index contributed by atoms with van der Waals surface area (Å²) in [4.78, 5) is 14.4. The van der Waals surface area contributed by atoms with E-state index in [1.165, 1.54) is 22.0 Å². The van der Waals surface area contributed by atoms with Crippen LogP contribution in [-0.2, 0) is 13.5 Å². The fraction of sp³-hybridized carbons (Fsp3) is 0.438. The standard InChI is InChI=1S/C16H20N2O/c1-11-7-6-9-12-13-8-4-5-10-17(2)16(19)15(13)18(3)14(11)12/h6-7,9H,4-5,8,10H2,1-3H3. The number of aryl methyl sites for hydroxylation is 3. The van der Waals surface area contributed by atoms with E-state index in [1.54, 1.807) is 0 Å². The van der Waals surface area contributed by atoms with Gasteiger partial charge in [0.1, 0.15) is 5.69 Å². The zero-order valence-corrected chi connectivity index (χ0v) is 11.9. The maximum atomic E-state index is 12.6. The highest BCUT2D eigenvalue weighted by molar-refractivity contribution is 6.02. The summed E-state index contributed by atoms with van der Waals surface area (Å²) in [7, 11) is 3.92. The smallest absolute Gasteiger partial charge is 0.270 e. The van der Waals surface area contributed by atoms with Gasteiger partial charge < -0.3 is 9.47 Å². The van der Waals surface area contributed by atoms with E-state index in [1.807, 2.05) is 19.0 Å². The van der Waals surface area contributed by atoms with Crippen LogP contribution in [0.3, 0.4) is 0 Å². The van der Waals surface area contributed by atoms with Crippen molar-refractivity contribution in [3.05, 3.63) is 35.0 Å². The van der Waals surface area contributed by atoms with Crippen LogP contribution in [0.15, 0.2) is 18.2 Å². The van der Waals surface area contributed by atoms with Gasteiger partial charge in [0, 0.05) is 26.0 Å². The Morgan fingerprint density at radius 3 is 2.74 bits per heavy atom. The summed E-state index contributed by atoms with van der Waals surface area (Å²) < 4.78 is 2.09. The first-order valence-electron chi connectivity index (χ1n) is 6.93. The minimum Gasteiger partial charge on any atom is -0.340 e. The Hall–Kier alpha value is -1.77. The van der Waals surface area contributed by atoms with E-state index >= 15 is 0 Å². The second-order valence-electron chi connectivity index (χ2n) is 5.54. The third-order valence-corrected chi connectivity index (χ3v) is 4.24. The normalized spacial score (nSPS) is 16.4. The summed E-state index contributed by atoms with van der Waals surface area (Å²) in [5.41, 5.74) is 4.56. The largest absolute Gasteiger partial charge is 0.340 e. The lowest BCUT2D eigenvalue weighted by atomic mass is 10.0. The molecule has 0 saturated heterocycles. The van der Waals surface area contributed by atoms with Crippen LogP contribution in [-0.4, -0.2) is 29.0 Å². The van der Waals surface area contributed by atoms with Gasteiger partial charge in [-0.2, -0.15) is 0 Å². The molecule has 0 unspecified atom stereocenters. The second kappa shape index (κ2) is 4.41. The van der Waals surface area contributed by atoms with Crippen LogP contribution in [0.5, 0.6) is 0 Å². The summed E-state index contributed by atoms with van der Waals surface area (Å²) in [5, 5.41) is 1.25. The molecule has 0 fully saturated rings. The van der Waals surface area contributed by atoms with Gasteiger partial charge in [-0.15, -0.1) is 0 Å². The Bertz CT molecular complexity index is 654. The van der Waals surface area contributed by atoms with Crippen molar-refractivity contribution >= 4 is 16.8 Å². The quantitative estimate of drug-likeness (QED) is 0.711. The Kier molecular flexibility index (Phi) is 2.85. The zero-order chi connectivity index (χ0) is 13.6. The Morgan fingerprint density at radius 2 is 1.95 bits per heavy atom. The molecule has 1 amide bonds.